The van der Waals surface area contributed by atoms with Gasteiger partial charge in [0.2, 0.25) is 0 Å². The van der Waals surface area contributed by atoms with Crippen LogP contribution in [0.4, 0.5) is 0 Å². The SMILES string of the molecule is COC(=O)[C@H](N)Cc1ccc(I)cc1. The average molecular weight is 305 g/mol. The molecule has 0 bridgehead atoms. The molecule has 1 atom stereocenters. The maximum absolute atomic E-state index is 11.0. The fourth-order valence-corrected chi connectivity index (χ4v) is 1.47. The zero-order chi connectivity index (χ0) is 10.6. The Hall–Kier alpha value is -0.620. The summed E-state index contributed by atoms with van der Waals surface area (Å²) in [4.78, 5) is 11.0. The molecule has 0 amide bonds. The van der Waals surface area contributed by atoms with Gasteiger partial charge in [-0.25, -0.2) is 0 Å². The molecule has 0 spiro atoms. The van der Waals surface area contributed by atoms with Crippen LogP contribution in [0, 0.1) is 3.57 Å². The van der Waals surface area contributed by atoms with Crippen LogP contribution in [-0.4, -0.2) is 19.1 Å². The predicted octanol–water partition coefficient (Wildman–Crippen LogP) is 1.33. The van der Waals surface area contributed by atoms with Crippen LogP contribution in [0.5, 0.6) is 0 Å². The van der Waals surface area contributed by atoms with E-state index in [-0.39, 0.29) is 5.97 Å². The van der Waals surface area contributed by atoms with Crippen molar-refractivity contribution in [2.45, 2.75) is 12.5 Å². The minimum atomic E-state index is -0.569. The molecular weight excluding hydrogens is 293 g/mol. The van der Waals surface area contributed by atoms with Crippen molar-refractivity contribution in [3.8, 4) is 0 Å². The molecule has 0 aromatic heterocycles. The first-order chi connectivity index (χ1) is 6.63. The molecule has 0 radical (unpaired) electrons. The molecule has 0 aliphatic heterocycles. The zero-order valence-corrected chi connectivity index (χ0v) is 10.0. The number of hydrogen-bond acceptors (Lipinski definition) is 3. The van der Waals surface area contributed by atoms with Crippen molar-refractivity contribution in [3.05, 3.63) is 33.4 Å². The Kier molecular flexibility index (Phi) is 4.34. The molecule has 0 aliphatic carbocycles. The van der Waals surface area contributed by atoms with Gasteiger partial charge in [-0.05, 0) is 46.7 Å². The second kappa shape index (κ2) is 5.31. The number of benzene rings is 1. The standard InChI is InChI=1S/C10H12INO2/c1-14-10(13)9(12)6-7-2-4-8(11)5-3-7/h2-5,9H,6,12H2,1H3/t9-/m1/s1. The van der Waals surface area contributed by atoms with Crippen LogP contribution < -0.4 is 5.73 Å². The Balaban J connectivity index is 2.60. The summed E-state index contributed by atoms with van der Waals surface area (Å²) in [6.45, 7) is 0. The van der Waals surface area contributed by atoms with Crippen molar-refractivity contribution in [3.63, 3.8) is 0 Å². The van der Waals surface area contributed by atoms with Gasteiger partial charge in [0.15, 0.2) is 0 Å². The second-order valence-corrected chi connectivity index (χ2v) is 4.21. The summed E-state index contributed by atoms with van der Waals surface area (Å²) in [5, 5.41) is 0. The minimum absolute atomic E-state index is 0.372. The third kappa shape index (κ3) is 3.26. The Morgan fingerprint density at radius 3 is 2.57 bits per heavy atom. The largest absolute Gasteiger partial charge is 0.468 e. The number of halogens is 1. The van der Waals surface area contributed by atoms with Crippen LogP contribution in [-0.2, 0) is 16.0 Å². The summed E-state index contributed by atoms with van der Waals surface area (Å²) < 4.78 is 5.71. The number of hydrogen-bond donors (Lipinski definition) is 1. The number of nitrogens with two attached hydrogens (primary N) is 1. The van der Waals surface area contributed by atoms with E-state index in [2.05, 4.69) is 27.3 Å². The van der Waals surface area contributed by atoms with Gasteiger partial charge in [-0.15, -0.1) is 0 Å². The lowest BCUT2D eigenvalue weighted by Crippen LogP contribution is -2.33. The molecule has 3 nitrogen and oxygen atoms in total. The van der Waals surface area contributed by atoms with Gasteiger partial charge in [0.05, 0.1) is 7.11 Å². The minimum Gasteiger partial charge on any atom is -0.468 e. The van der Waals surface area contributed by atoms with Gasteiger partial charge in [0.25, 0.3) is 0 Å². The lowest BCUT2D eigenvalue weighted by Gasteiger charge is -2.08. The van der Waals surface area contributed by atoms with E-state index in [0.717, 1.165) is 9.13 Å². The monoisotopic (exact) mass is 305 g/mol. The molecule has 0 heterocycles. The second-order valence-electron chi connectivity index (χ2n) is 2.96. The number of ether oxygens (including phenoxy) is 1. The summed E-state index contributed by atoms with van der Waals surface area (Å²) in [5.74, 6) is -0.372. The van der Waals surface area contributed by atoms with E-state index in [1.807, 2.05) is 24.3 Å². The molecular formula is C10H12INO2. The van der Waals surface area contributed by atoms with Crippen LogP contribution in [0.25, 0.3) is 0 Å². The molecule has 4 heteroatoms. The summed E-state index contributed by atoms with van der Waals surface area (Å²) in [6, 6.07) is 7.33. The average Bonchev–Trinajstić information content (AvgIpc) is 2.20. The highest BCUT2D eigenvalue weighted by molar-refractivity contribution is 14.1. The first-order valence-electron chi connectivity index (χ1n) is 4.21. The molecule has 2 N–H and O–H groups in total. The van der Waals surface area contributed by atoms with Crippen molar-refractivity contribution < 1.29 is 9.53 Å². The van der Waals surface area contributed by atoms with E-state index in [0.29, 0.717) is 6.42 Å². The molecule has 0 unspecified atom stereocenters. The Labute approximate surface area is 96.8 Å². The lowest BCUT2D eigenvalue weighted by molar-refractivity contribution is -0.142. The number of carbonyl (C=O) groups is 1. The molecule has 1 rings (SSSR count). The maximum atomic E-state index is 11.0. The fraction of sp³-hybridized carbons (Fsp3) is 0.300. The van der Waals surface area contributed by atoms with E-state index >= 15 is 0 Å². The van der Waals surface area contributed by atoms with Crippen LogP contribution >= 0.6 is 22.6 Å². The molecule has 0 fully saturated rings. The molecule has 0 saturated carbocycles. The van der Waals surface area contributed by atoms with Crippen LogP contribution in [0.2, 0.25) is 0 Å². The van der Waals surface area contributed by atoms with Crippen LogP contribution in [0.15, 0.2) is 24.3 Å². The third-order valence-electron chi connectivity index (χ3n) is 1.87. The molecule has 0 saturated heterocycles. The van der Waals surface area contributed by atoms with Gasteiger partial charge < -0.3 is 10.5 Å². The molecule has 0 aliphatic rings. The Morgan fingerprint density at radius 1 is 1.50 bits per heavy atom. The van der Waals surface area contributed by atoms with E-state index < -0.39 is 6.04 Å². The van der Waals surface area contributed by atoms with Crippen LogP contribution in [0.3, 0.4) is 0 Å². The van der Waals surface area contributed by atoms with Gasteiger partial charge in [-0.3, -0.25) is 4.79 Å². The summed E-state index contributed by atoms with van der Waals surface area (Å²) in [6.07, 6.45) is 0.517. The first-order valence-corrected chi connectivity index (χ1v) is 5.29. The number of methoxy groups -OCH3 is 1. The van der Waals surface area contributed by atoms with Crippen LogP contribution in [0.1, 0.15) is 5.56 Å². The van der Waals surface area contributed by atoms with Crippen molar-refractivity contribution in [1.82, 2.24) is 0 Å². The highest BCUT2D eigenvalue weighted by Gasteiger charge is 2.13. The third-order valence-corrected chi connectivity index (χ3v) is 2.59. The number of rotatable bonds is 3. The predicted molar refractivity (Wildman–Crippen MR) is 62.9 cm³/mol. The lowest BCUT2D eigenvalue weighted by atomic mass is 10.1. The molecule has 1 aromatic rings. The van der Waals surface area contributed by atoms with Gasteiger partial charge in [-0.1, -0.05) is 12.1 Å². The quantitative estimate of drug-likeness (QED) is 0.677. The Morgan fingerprint density at radius 2 is 2.07 bits per heavy atom. The summed E-state index contributed by atoms with van der Waals surface area (Å²) in [7, 11) is 1.34. The van der Waals surface area contributed by atoms with Gasteiger partial charge in [0, 0.05) is 3.57 Å². The summed E-state index contributed by atoms with van der Waals surface area (Å²) in [5.41, 5.74) is 6.67. The van der Waals surface area contributed by atoms with E-state index in [4.69, 9.17) is 5.73 Å². The zero-order valence-electron chi connectivity index (χ0n) is 7.87. The van der Waals surface area contributed by atoms with E-state index in [9.17, 15) is 4.79 Å². The summed E-state index contributed by atoms with van der Waals surface area (Å²) >= 11 is 2.23. The van der Waals surface area contributed by atoms with Crippen molar-refractivity contribution in [2.24, 2.45) is 5.73 Å². The fourth-order valence-electron chi connectivity index (χ4n) is 1.11. The normalized spacial score (nSPS) is 12.2. The molecule has 1 aromatic carbocycles. The van der Waals surface area contributed by atoms with E-state index in [1.165, 1.54) is 7.11 Å². The smallest absolute Gasteiger partial charge is 0.322 e. The maximum Gasteiger partial charge on any atom is 0.322 e. The highest BCUT2D eigenvalue weighted by atomic mass is 127. The topological polar surface area (TPSA) is 52.3 Å². The Bertz CT molecular complexity index is 310. The van der Waals surface area contributed by atoms with Gasteiger partial charge >= 0.3 is 5.97 Å². The first kappa shape index (κ1) is 11.5. The van der Waals surface area contributed by atoms with Crippen molar-refractivity contribution in [1.29, 1.82) is 0 Å². The van der Waals surface area contributed by atoms with Crippen molar-refractivity contribution >= 4 is 28.6 Å². The van der Waals surface area contributed by atoms with Gasteiger partial charge in [-0.2, -0.15) is 0 Å². The highest BCUT2D eigenvalue weighted by Crippen LogP contribution is 2.08. The molecule has 76 valence electrons. The number of esters is 1. The van der Waals surface area contributed by atoms with E-state index in [1.54, 1.807) is 0 Å². The van der Waals surface area contributed by atoms with Gasteiger partial charge in [0.1, 0.15) is 6.04 Å². The van der Waals surface area contributed by atoms with Crippen molar-refractivity contribution in [2.75, 3.05) is 7.11 Å². The number of carbonyl (C=O) groups excluding carboxylic acids is 1. The molecule has 14 heavy (non-hydrogen) atoms.